The molecule has 0 unspecified atom stereocenters. The summed E-state index contributed by atoms with van der Waals surface area (Å²) in [5.74, 6) is 0. The minimum Gasteiger partial charge on any atom is -0.411 e. The molecule has 0 radical (unpaired) electrons. The second-order valence-corrected chi connectivity index (χ2v) is 4.20. The Morgan fingerprint density at radius 2 is 2.19 bits per heavy atom. The number of oxime groups is 1. The fraction of sp³-hybridized carbons (Fsp3) is 0.636. The SMILES string of the molecule is Cn1nccc1CCN1CCC(=NO)CC1. The smallest absolute Gasteiger partial charge is 0.0596 e. The van der Waals surface area contributed by atoms with Crippen molar-refractivity contribution >= 4 is 5.71 Å². The maximum atomic E-state index is 8.65. The standard InChI is InChI=1S/C11H18N4O/c1-14-11(2-6-12-14)5-9-15-7-3-10(13-16)4-8-15/h2,6,16H,3-5,7-9H2,1H3. The van der Waals surface area contributed by atoms with Gasteiger partial charge in [0.05, 0.1) is 5.71 Å². The van der Waals surface area contributed by atoms with Gasteiger partial charge in [-0.05, 0) is 6.07 Å². The zero-order valence-electron chi connectivity index (χ0n) is 9.63. The summed E-state index contributed by atoms with van der Waals surface area (Å²) in [5.41, 5.74) is 2.19. The van der Waals surface area contributed by atoms with Gasteiger partial charge in [0.15, 0.2) is 0 Å². The Morgan fingerprint density at radius 1 is 1.44 bits per heavy atom. The molecule has 0 aliphatic carbocycles. The van der Waals surface area contributed by atoms with E-state index in [0.717, 1.165) is 44.6 Å². The van der Waals surface area contributed by atoms with Crippen LogP contribution in [0.3, 0.4) is 0 Å². The average Bonchev–Trinajstić information content (AvgIpc) is 2.73. The van der Waals surface area contributed by atoms with Crippen molar-refractivity contribution in [1.82, 2.24) is 14.7 Å². The highest BCUT2D eigenvalue weighted by atomic mass is 16.4. The van der Waals surface area contributed by atoms with Gasteiger partial charge in [-0.25, -0.2) is 0 Å². The highest BCUT2D eigenvalue weighted by Gasteiger charge is 2.15. The Balaban J connectivity index is 1.78. The third-order valence-electron chi connectivity index (χ3n) is 3.18. The Bertz CT molecular complexity index is 362. The molecule has 1 aliphatic heterocycles. The van der Waals surface area contributed by atoms with Crippen LogP contribution in [-0.2, 0) is 13.5 Å². The molecule has 1 aromatic rings. The molecule has 0 aromatic carbocycles. The van der Waals surface area contributed by atoms with Crippen molar-refractivity contribution in [1.29, 1.82) is 0 Å². The van der Waals surface area contributed by atoms with Crippen LogP contribution < -0.4 is 0 Å². The fourth-order valence-corrected chi connectivity index (χ4v) is 2.05. The largest absolute Gasteiger partial charge is 0.411 e. The van der Waals surface area contributed by atoms with Crippen molar-refractivity contribution in [3.05, 3.63) is 18.0 Å². The van der Waals surface area contributed by atoms with Crippen LogP contribution in [0.1, 0.15) is 18.5 Å². The van der Waals surface area contributed by atoms with Crippen LogP contribution in [-0.4, -0.2) is 45.2 Å². The van der Waals surface area contributed by atoms with Gasteiger partial charge in [0.1, 0.15) is 0 Å². The number of aromatic nitrogens is 2. The van der Waals surface area contributed by atoms with Crippen LogP contribution in [0.4, 0.5) is 0 Å². The van der Waals surface area contributed by atoms with Crippen LogP contribution in [0.5, 0.6) is 0 Å². The fourth-order valence-electron chi connectivity index (χ4n) is 2.05. The van der Waals surface area contributed by atoms with Crippen molar-refractivity contribution in [3.8, 4) is 0 Å². The van der Waals surface area contributed by atoms with E-state index in [-0.39, 0.29) is 0 Å². The number of nitrogens with zero attached hydrogens (tertiary/aromatic N) is 4. The predicted molar refractivity (Wildman–Crippen MR) is 61.8 cm³/mol. The third-order valence-corrected chi connectivity index (χ3v) is 3.18. The first kappa shape index (κ1) is 11.1. The Morgan fingerprint density at radius 3 is 2.75 bits per heavy atom. The van der Waals surface area contributed by atoms with E-state index < -0.39 is 0 Å². The Hall–Kier alpha value is -1.36. The molecule has 1 saturated heterocycles. The Labute approximate surface area is 95.4 Å². The number of piperidine rings is 1. The maximum Gasteiger partial charge on any atom is 0.0596 e. The molecule has 5 heteroatoms. The topological polar surface area (TPSA) is 53.7 Å². The molecule has 0 bridgehead atoms. The second kappa shape index (κ2) is 5.12. The number of rotatable bonds is 3. The first-order valence-corrected chi connectivity index (χ1v) is 5.68. The summed E-state index contributed by atoms with van der Waals surface area (Å²) in [4.78, 5) is 2.40. The van der Waals surface area contributed by atoms with E-state index >= 15 is 0 Å². The summed E-state index contributed by atoms with van der Waals surface area (Å²) in [7, 11) is 1.97. The van der Waals surface area contributed by atoms with Crippen molar-refractivity contribution in [2.75, 3.05) is 19.6 Å². The van der Waals surface area contributed by atoms with Gasteiger partial charge in [-0.3, -0.25) is 4.68 Å². The molecular weight excluding hydrogens is 204 g/mol. The van der Waals surface area contributed by atoms with Crippen LogP contribution in [0.2, 0.25) is 0 Å². The molecule has 1 N–H and O–H groups in total. The summed E-state index contributed by atoms with van der Waals surface area (Å²) >= 11 is 0. The molecule has 1 fully saturated rings. The molecule has 1 aromatic heterocycles. The molecule has 1 aliphatic rings. The van der Waals surface area contributed by atoms with E-state index in [1.807, 2.05) is 17.9 Å². The van der Waals surface area contributed by atoms with E-state index in [9.17, 15) is 0 Å². The van der Waals surface area contributed by atoms with Crippen molar-refractivity contribution in [3.63, 3.8) is 0 Å². The van der Waals surface area contributed by atoms with Gasteiger partial charge in [0, 0.05) is 57.8 Å². The summed E-state index contributed by atoms with van der Waals surface area (Å²) < 4.78 is 1.92. The lowest BCUT2D eigenvalue weighted by Crippen LogP contribution is -2.35. The maximum absolute atomic E-state index is 8.65. The van der Waals surface area contributed by atoms with E-state index in [2.05, 4.69) is 21.2 Å². The highest BCUT2D eigenvalue weighted by molar-refractivity contribution is 5.84. The van der Waals surface area contributed by atoms with Gasteiger partial charge < -0.3 is 10.1 Å². The third kappa shape index (κ3) is 2.61. The number of likely N-dealkylation sites (tertiary alicyclic amines) is 1. The van der Waals surface area contributed by atoms with Gasteiger partial charge in [-0.15, -0.1) is 0 Å². The first-order valence-electron chi connectivity index (χ1n) is 5.68. The molecule has 0 spiro atoms. The summed E-state index contributed by atoms with van der Waals surface area (Å²) in [6, 6.07) is 2.06. The quantitative estimate of drug-likeness (QED) is 0.610. The molecule has 88 valence electrons. The Kier molecular flexibility index (Phi) is 3.56. The van der Waals surface area contributed by atoms with Gasteiger partial charge >= 0.3 is 0 Å². The lowest BCUT2D eigenvalue weighted by molar-refractivity contribution is 0.264. The van der Waals surface area contributed by atoms with Gasteiger partial charge in [0.2, 0.25) is 0 Å². The van der Waals surface area contributed by atoms with E-state index in [0.29, 0.717) is 0 Å². The average molecular weight is 222 g/mol. The van der Waals surface area contributed by atoms with E-state index in [1.54, 1.807) is 0 Å². The number of hydrogen-bond donors (Lipinski definition) is 1. The minimum atomic E-state index is 0.891. The van der Waals surface area contributed by atoms with E-state index in [1.165, 1.54) is 5.69 Å². The summed E-state index contributed by atoms with van der Waals surface area (Å²) in [5, 5.41) is 16.1. The highest BCUT2D eigenvalue weighted by Crippen LogP contribution is 2.08. The van der Waals surface area contributed by atoms with Gasteiger partial charge in [0.25, 0.3) is 0 Å². The molecule has 5 nitrogen and oxygen atoms in total. The normalized spacial score (nSPS) is 17.7. The monoisotopic (exact) mass is 222 g/mol. The molecule has 0 amide bonds. The molecule has 16 heavy (non-hydrogen) atoms. The zero-order chi connectivity index (χ0) is 11.4. The second-order valence-electron chi connectivity index (χ2n) is 4.20. The molecule has 2 heterocycles. The van der Waals surface area contributed by atoms with Crippen molar-refractivity contribution in [2.45, 2.75) is 19.3 Å². The molecular formula is C11H18N4O. The van der Waals surface area contributed by atoms with E-state index in [4.69, 9.17) is 5.21 Å². The lowest BCUT2D eigenvalue weighted by Gasteiger charge is -2.26. The predicted octanol–water partition coefficient (Wildman–Crippen LogP) is 0.889. The molecule has 0 atom stereocenters. The van der Waals surface area contributed by atoms with Crippen LogP contribution >= 0.6 is 0 Å². The number of hydrogen-bond acceptors (Lipinski definition) is 4. The molecule has 0 saturated carbocycles. The lowest BCUT2D eigenvalue weighted by atomic mass is 10.1. The van der Waals surface area contributed by atoms with Crippen molar-refractivity contribution in [2.24, 2.45) is 12.2 Å². The summed E-state index contributed by atoms with van der Waals surface area (Å²) in [6.07, 6.45) is 4.65. The van der Waals surface area contributed by atoms with Gasteiger partial charge in [-0.2, -0.15) is 5.10 Å². The van der Waals surface area contributed by atoms with Crippen LogP contribution in [0.15, 0.2) is 17.4 Å². The van der Waals surface area contributed by atoms with Gasteiger partial charge in [-0.1, -0.05) is 5.16 Å². The van der Waals surface area contributed by atoms with Crippen molar-refractivity contribution < 1.29 is 5.21 Å². The molecule has 2 rings (SSSR count). The zero-order valence-corrected chi connectivity index (χ0v) is 9.63. The summed E-state index contributed by atoms with van der Waals surface area (Å²) in [6.45, 7) is 3.05. The number of aryl methyl sites for hydroxylation is 1. The first-order chi connectivity index (χ1) is 7.79. The van der Waals surface area contributed by atoms with Crippen LogP contribution in [0, 0.1) is 0 Å². The van der Waals surface area contributed by atoms with Crippen LogP contribution in [0.25, 0.3) is 0 Å². The minimum absolute atomic E-state index is 0.891.